The highest BCUT2D eigenvalue weighted by atomic mass is 16.4. The van der Waals surface area contributed by atoms with E-state index in [1.54, 1.807) is 13.8 Å². The number of carboxylic acids is 1. The van der Waals surface area contributed by atoms with Crippen molar-refractivity contribution in [1.82, 2.24) is 20.2 Å². The predicted octanol–water partition coefficient (Wildman–Crippen LogP) is 0.790. The highest BCUT2D eigenvalue weighted by Gasteiger charge is 2.36. The first-order valence-electron chi connectivity index (χ1n) is 4.70. The third kappa shape index (κ3) is 1.98. The van der Waals surface area contributed by atoms with Crippen LogP contribution in [-0.4, -0.2) is 31.3 Å². The molecular weight excluding hydrogens is 196 g/mol. The highest BCUT2D eigenvalue weighted by molar-refractivity contribution is 5.75. The van der Waals surface area contributed by atoms with Gasteiger partial charge in [-0.2, -0.15) is 0 Å². The molecule has 0 fully saturated rings. The maximum atomic E-state index is 11.1. The van der Waals surface area contributed by atoms with Crippen molar-refractivity contribution < 1.29 is 9.90 Å². The van der Waals surface area contributed by atoms with Crippen molar-refractivity contribution in [2.45, 2.75) is 45.6 Å². The first-order chi connectivity index (χ1) is 6.67. The van der Waals surface area contributed by atoms with Crippen LogP contribution in [0, 0.1) is 0 Å². The van der Waals surface area contributed by atoms with Gasteiger partial charge in [0, 0.05) is 5.41 Å². The number of hydrogen-bond acceptors (Lipinski definition) is 4. The quantitative estimate of drug-likeness (QED) is 0.783. The van der Waals surface area contributed by atoms with Crippen LogP contribution in [0.2, 0.25) is 0 Å². The van der Waals surface area contributed by atoms with Gasteiger partial charge >= 0.3 is 5.97 Å². The van der Waals surface area contributed by atoms with Crippen molar-refractivity contribution in [2.75, 3.05) is 0 Å². The Morgan fingerprint density at radius 1 is 1.27 bits per heavy atom. The second-order valence-corrected chi connectivity index (χ2v) is 5.03. The van der Waals surface area contributed by atoms with Crippen LogP contribution in [-0.2, 0) is 15.7 Å². The van der Waals surface area contributed by atoms with Gasteiger partial charge in [-0.15, -0.1) is 5.10 Å². The molecule has 0 radical (unpaired) electrons. The van der Waals surface area contributed by atoms with Crippen LogP contribution in [0.25, 0.3) is 0 Å². The molecule has 1 rings (SSSR count). The maximum absolute atomic E-state index is 11.1. The fraction of sp³-hybridized carbons (Fsp3) is 0.778. The summed E-state index contributed by atoms with van der Waals surface area (Å²) in [6, 6.07) is 0. The second kappa shape index (κ2) is 3.29. The Morgan fingerprint density at radius 2 is 1.80 bits per heavy atom. The standard InChI is InChI=1S/C9H16N4O2/c1-8(2,3)6-10-11-12-13(6)9(4,5)7(14)15/h1-5H3,(H,14,15). The largest absolute Gasteiger partial charge is 0.479 e. The van der Waals surface area contributed by atoms with Gasteiger partial charge in [0.1, 0.15) is 0 Å². The Balaban J connectivity index is 3.28. The zero-order valence-electron chi connectivity index (χ0n) is 9.64. The van der Waals surface area contributed by atoms with Crippen molar-refractivity contribution in [1.29, 1.82) is 0 Å². The Hall–Kier alpha value is -1.46. The van der Waals surface area contributed by atoms with Crippen LogP contribution < -0.4 is 0 Å². The van der Waals surface area contributed by atoms with E-state index in [0.717, 1.165) is 0 Å². The number of tetrazole rings is 1. The Kier molecular flexibility index (Phi) is 2.54. The fourth-order valence-corrected chi connectivity index (χ4v) is 1.12. The van der Waals surface area contributed by atoms with Crippen LogP contribution in [0.5, 0.6) is 0 Å². The molecule has 1 aromatic rings. The molecule has 0 atom stereocenters. The summed E-state index contributed by atoms with van der Waals surface area (Å²) in [5, 5.41) is 20.2. The molecule has 1 aromatic heterocycles. The van der Waals surface area contributed by atoms with Crippen LogP contribution in [0.3, 0.4) is 0 Å². The average molecular weight is 212 g/mol. The third-order valence-corrected chi connectivity index (χ3v) is 2.19. The first kappa shape index (κ1) is 11.6. The number of aromatic nitrogens is 4. The molecule has 0 aliphatic carbocycles. The monoisotopic (exact) mass is 212 g/mol. The molecule has 15 heavy (non-hydrogen) atoms. The molecule has 84 valence electrons. The summed E-state index contributed by atoms with van der Waals surface area (Å²) in [7, 11) is 0. The summed E-state index contributed by atoms with van der Waals surface area (Å²) in [5.41, 5.74) is -1.41. The van der Waals surface area contributed by atoms with E-state index in [-0.39, 0.29) is 5.41 Å². The molecular formula is C9H16N4O2. The number of carbonyl (C=O) groups is 1. The van der Waals surface area contributed by atoms with Gasteiger partial charge in [0.2, 0.25) is 0 Å². The van der Waals surface area contributed by atoms with Gasteiger partial charge in [0.25, 0.3) is 0 Å². The van der Waals surface area contributed by atoms with Gasteiger partial charge < -0.3 is 5.11 Å². The molecule has 0 saturated heterocycles. The lowest BCUT2D eigenvalue weighted by molar-refractivity contribution is -0.146. The topological polar surface area (TPSA) is 80.9 Å². The van der Waals surface area contributed by atoms with E-state index in [0.29, 0.717) is 5.82 Å². The molecule has 0 aliphatic rings. The average Bonchev–Trinajstić information content (AvgIpc) is 2.49. The molecule has 1 N–H and O–H groups in total. The summed E-state index contributed by atoms with van der Waals surface area (Å²) in [4.78, 5) is 11.1. The summed E-state index contributed by atoms with van der Waals surface area (Å²) < 4.78 is 1.36. The van der Waals surface area contributed by atoms with Gasteiger partial charge in [0.15, 0.2) is 11.4 Å². The summed E-state index contributed by atoms with van der Waals surface area (Å²) >= 11 is 0. The lowest BCUT2D eigenvalue weighted by atomic mass is 9.94. The van der Waals surface area contributed by atoms with Crippen molar-refractivity contribution >= 4 is 5.97 Å². The van der Waals surface area contributed by atoms with Crippen LogP contribution in [0.4, 0.5) is 0 Å². The zero-order valence-corrected chi connectivity index (χ0v) is 9.64. The molecule has 0 amide bonds. The van der Waals surface area contributed by atoms with E-state index in [2.05, 4.69) is 15.5 Å². The second-order valence-electron chi connectivity index (χ2n) is 5.03. The van der Waals surface area contributed by atoms with Crippen molar-refractivity contribution in [2.24, 2.45) is 0 Å². The Bertz CT molecular complexity index is 376. The third-order valence-electron chi connectivity index (χ3n) is 2.19. The van der Waals surface area contributed by atoms with E-state index >= 15 is 0 Å². The lowest BCUT2D eigenvalue weighted by Crippen LogP contribution is -2.40. The normalized spacial score (nSPS) is 12.9. The molecule has 6 nitrogen and oxygen atoms in total. The van der Waals surface area contributed by atoms with Gasteiger partial charge in [-0.05, 0) is 24.3 Å². The number of aliphatic carboxylic acids is 1. The Labute approximate surface area is 88.3 Å². The molecule has 6 heteroatoms. The molecule has 0 aromatic carbocycles. The molecule has 1 heterocycles. The molecule has 0 unspecified atom stereocenters. The SMILES string of the molecule is CC(C)(C)c1nnnn1C(C)(C)C(=O)O. The van der Waals surface area contributed by atoms with Crippen LogP contribution >= 0.6 is 0 Å². The molecule has 0 aliphatic heterocycles. The minimum absolute atomic E-state index is 0.282. The van der Waals surface area contributed by atoms with Gasteiger partial charge in [-0.1, -0.05) is 20.8 Å². The summed E-state index contributed by atoms with van der Waals surface area (Å²) in [6.45, 7) is 8.95. The van der Waals surface area contributed by atoms with Gasteiger partial charge in [0.05, 0.1) is 0 Å². The maximum Gasteiger partial charge on any atom is 0.331 e. The van der Waals surface area contributed by atoms with E-state index < -0.39 is 11.5 Å². The predicted molar refractivity (Wildman–Crippen MR) is 53.5 cm³/mol. The Morgan fingerprint density at radius 3 is 2.20 bits per heavy atom. The zero-order chi connectivity index (χ0) is 11.9. The van der Waals surface area contributed by atoms with Crippen LogP contribution in [0.1, 0.15) is 40.4 Å². The van der Waals surface area contributed by atoms with E-state index in [9.17, 15) is 4.79 Å². The minimum Gasteiger partial charge on any atom is -0.479 e. The van der Waals surface area contributed by atoms with Gasteiger partial charge in [-0.25, -0.2) is 9.48 Å². The lowest BCUT2D eigenvalue weighted by Gasteiger charge is -2.25. The first-order valence-corrected chi connectivity index (χ1v) is 4.70. The van der Waals surface area contributed by atoms with Crippen LogP contribution in [0.15, 0.2) is 0 Å². The summed E-state index contributed by atoms with van der Waals surface area (Å²) in [6.07, 6.45) is 0. The fourth-order valence-electron chi connectivity index (χ4n) is 1.12. The minimum atomic E-state index is -1.13. The number of hydrogen-bond donors (Lipinski definition) is 1. The number of carboxylic acid groups (broad SMARTS) is 1. The highest BCUT2D eigenvalue weighted by Crippen LogP contribution is 2.24. The molecule has 0 bridgehead atoms. The smallest absolute Gasteiger partial charge is 0.331 e. The summed E-state index contributed by atoms with van der Waals surface area (Å²) in [5.74, 6) is -0.393. The molecule has 0 saturated carbocycles. The molecule has 0 spiro atoms. The number of nitrogens with zero attached hydrogens (tertiary/aromatic N) is 4. The van der Waals surface area contributed by atoms with Crippen molar-refractivity contribution in [3.05, 3.63) is 5.82 Å². The van der Waals surface area contributed by atoms with Crippen molar-refractivity contribution in [3.8, 4) is 0 Å². The number of rotatable bonds is 2. The van der Waals surface area contributed by atoms with Gasteiger partial charge in [-0.3, -0.25) is 0 Å². The van der Waals surface area contributed by atoms with E-state index in [1.165, 1.54) is 4.68 Å². The van der Waals surface area contributed by atoms with E-state index in [1.807, 2.05) is 20.8 Å². The van der Waals surface area contributed by atoms with Crippen molar-refractivity contribution in [3.63, 3.8) is 0 Å². The van der Waals surface area contributed by atoms with E-state index in [4.69, 9.17) is 5.11 Å².